The Morgan fingerprint density at radius 1 is 1.26 bits per heavy atom. The summed E-state index contributed by atoms with van der Waals surface area (Å²) in [4.78, 5) is 20.2. The minimum absolute atomic E-state index is 0.105. The summed E-state index contributed by atoms with van der Waals surface area (Å²) in [6, 6.07) is 6.19. The average molecular weight is 388 g/mol. The molecular weight excluding hydrogens is 367 g/mol. The lowest BCUT2D eigenvalue weighted by molar-refractivity contribution is 0.0374. The summed E-state index contributed by atoms with van der Waals surface area (Å²) < 4.78 is 20.2. The van der Waals surface area contributed by atoms with Crippen molar-refractivity contribution < 1.29 is 13.9 Å². The summed E-state index contributed by atoms with van der Waals surface area (Å²) in [5.74, 6) is -0.386. The SMILES string of the molecule is O=C(NCCCN1CCOCC1)c1csc2nc(-c3ccc(F)cc3)cn12. The fourth-order valence-corrected chi connectivity index (χ4v) is 3.98. The number of morpholine rings is 1. The van der Waals surface area contributed by atoms with E-state index in [0.29, 0.717) is 12.2 Å². The molecule has 0 bridgehead atoms. The van der Waals surface area contributed by atoms with Crippen LogP contribution in [0.2, 0.25) is 0 Å². The number of carbonyl (C=O) groups excluding carboxylic acids is 1. The van der Waals surface area contributed by atoms with Crippen LogP contribution < -0.4 is 5.32 Å². The maximum absolute atomic E-state index is 13.1. The van der Waals surface area contributed by atoms with Crippen molar-refractivity contribution in [1.82, 2.24) is 19.6 Å². The first-order valence-corrected chi connectivity index (χ1v) is 9.89. The van der Waals surface area contributed by atoms with Gasteiger partial charge in [0.2, 0.25) is 0 Å². The summed E-state index contributed by atoms with van der Waals surface area (Å²) >= 11 is 1.42. The van der Waals surface area contributed by atoms with Crippen LogP contribution in [0.3, 0.4) is 0 Å². The molecule has 1 aliphatic rings. The molecule has 3 aromatic rings. The number of rotatable bonds is 6. The van der Waals surface area contributed by atoms with Crippen molar-refractivity contribution in [2.75, 3.05) is 39.4 Å². The van der Waals surface area contributed by atoms with E-state index in [-0.39, 0.29) is 11.7 Å². The highest BCUT2D eigenvalue weighted by Crippen LogP contribution is 2.23. The maximum atomic E-state index is 13.1. The van der Waals surface area contributed by atoms with E-state index >= 15 is 0 Å². The summed E-state index contributed by atoms with van der Waals surface area (Å²) in [5, 5.41) is 4.80. The molecule has 0 aliphatic carbocycles. The van der Waals surface area contributed by atoms with Crippen LogP contribution in [-0.2, 0) is 4.74 Å². The molecule has 0 unspecified atom stereocenters. The summed E-state index contributed by atoms with van der Waals surface area (Å²) in [6.07, 6.45) is 2.73. The second-order valence-corrected chi connectivity index (χ2v) is 7.31. The molecule has 27 heavy (non-hydrogen) atoms. The molecule has 8 heteroatoms. The van der Waals surface area contributed by atoms with Crippen molar-refractivity contribution in [3.8, 4) is 11.3 Å². The third-order valence-electron chi connectivity index (χ3n) is 4.62. The van der Waals surface area contributed by atoms with Gasteiger partial charge in [-0.3, -0.25) is 14.1 Å². The van der Waals surface area contributed by atoms with E-state index in [1.54, 1.807) is 16.5 Å². The number of ether oxygens (including phenoxy) is 1. The lowest BCUT2D eigenvalue weighted by atomic mass is 10.2. The van der Waals surface area contributed by atoms with Crippen LogP contribution in [-0.4, -0.2) is 59.6 Å². The second kappa shape index (κ2) is 8.16. The molecule has 1 amide bonds. The lowest BCUT2D eigenvalue weighted by Gasteiger charge is -2.26. The number of halogens is 1. The molecule has 4 rings (SSSR count). The van der Waals surface area contributed by atoms with E-state index < -0.39 is 0 Å². The van der Waals surface area contributed by atoms with Gasteiger partial charge in [-0.25, -0.2) is 9.37 Å². The summed E-state index contributed by atoms with van der Waals surface area (Å²) in [7, 11) is 0. The van der Waals surface area contributed by atoms with Crippen molar-refractivity contribution >= 4 is 22.2 Å². The van der Waals surface area contributed by atoms with Crippen molar-refractivity contribution in [3.63, 3.8) is 0 Å². The van der Waals surface area contributed by atoms with Crippen LogP contribution in [0.4, 0.5) is 4.39 Å². The third kappa shape index (κ3) is 4.18. The number of nitrogens with one attached hydrogen (secondary N) is 1. The predicted octanol–water partition coefficient (Wildman–Crippen LogP) is 2.65. The molecular formula is C19H21FN4O2S. The molecule has 1 aromatic carbocycles. The number of benzene rings is 1. The molecule has 0 radical (unpaired) electrons. The highest BCUT2D eigenvalue weighted by atomic mass is 32.1. The number of amides is 1. The smallest absolute Gasteiger partial charge is 0.269 e. The van der Waals surface area contributed by atoms with Crippen LogP contribution in [0.15, 0.2) is 35.8 Å². The number of aromatic nitrogens is 2. The van der Waals surface area contributed by atoms with Gasteiger partial charge in [-0.2, -0.15) is 0 Å². The van der Waals surface area contributed by atoms with Gasteiger partial charge in [0, 0.05) is 36.8 Å². The van der Waals surface area contributed by atoms with E-state index in [1.165, 1.54) is 23.5 Å². The molecule has 0 saturated carbocycles. The van der Waals surface area contributed by atoms with Gasteiger partial charge in [0.25, 0.3) is 5.91 Å². The quantitative estimate of drug-likeness (QED) is 0.660. The first kappa shape index (κ1) is 18.1. The molecule has 2 aromatic heterocycles. The maximum Gasteiger partial charge on any atom is 0.269 e. The highest BCUT2D eigenvalue weighted by Gasteiger charge is 2.15. The van der Waals surface area contributed by atoms with Crippen molar-refractivity contribution in [1.29, 1.82) is 0 Å². The van der Waals surface area contributed by atoms with Crippen LogP contribution in [0.1, 0.15) is 16.9 Å². The Morgan fingerprint density at radius 2 is 2.04 bits per heavy atom. The van der Waals surface area contributed by atoms with Crippen molar-refractivity contribution in [2.24, 2.45) is 0 Å². The molecule has 1 saturated heterocycles. The zero-order chi connectivity index (χ0) is 18.6. The van der Waals surface area contributed by atoms with Gasteiger partial charge >= 0.3 is 0 Å². The fourth-order valence-electron chi connectivity index (χ4n) is 3.13. The molecule has 142 valence electrons. The number of imidazole rings is 1. The van der Waals surface area contributed by atoms with Crippen molar-refractivity contribution in [3.05, 3.63) is 47.4 Å². The molecule has 3 heterocycles. The molecule has 0 atom stereocenters. The summed E-state index contributed by atoms with van der Waals surface area (Å²) in [5.41, 5.74) is 2.12. The Balaban J connectivity index is 1.37. The Morgan fingerprint density at radius 3 is 2.81 bits per heavy atom. The predicted molar refractivity (Wildman–Crippen MR) is 103 cm³/mol. The lowest BCUT2D eigenvalue weighted by Crippen LogP contribution is -2.38. The van der Waals surface area contributed by atoms with Gasteiger partial charge in [-0.05, 0) is 37.2 Å². The zero-order valence-electron chi connectivity index (χ0n) is 14.9. The molecule has 6 nitrogen and oxygen atoms in total. The monoisotopic (exact) mass is 388 g/mol. The van der Waals surface area contributed by atoms with E-state index in [4.69, 9.17) is 4.74 Å². The Kier molecular flexibility index (Phi) is 5.47. The normalized spacial score (nSPS) is 15.3. The topological polar surface area (TPSA) is 58.9 Å². The van der Waals surface area contributed by atoms with Gasteiger partial charge in [0.05, 0.1) is 18.9 Å². The largest absolute Gasteiger partial charge is 0.379 e. The number of thiazole rings is 1. The van der Waals surface area contributed by atoms with Gasteiger partial charge in [-0.15, -0.1) is 11.3 Å². The Bertz CT molecular complexity index is 916. The van der Waals surface area contributed by atoms with Crippen molar-refractivity contribution in [2.45, 2.75) is 6.42 Å². The van der Waals surface area contributed by atoms with Crippen LogP contribution in [0, 0.1) is 5.82 Å². The number of fused-ring (bicyclic) bond motifs is 1. The van der Waals surface area contributed by atoms with Gasteiger partial charge < -0.3 is 10.1 Å². The highest BCUT2D eigenvalue weighted by molar-refractivity contribution is 7.15. The number of hydrogen-bond acceptors (Lipinski definition) is 5. The third-order valence-corrected chi connectivity index (χ3v) is 5.46. The molecule has 1 fully saturated rings. The fraction of sp³-hybridized carbons (Fsp3) is 0.368. The van der Waals surface area contributed by atoms with E-state index in [0.717, 1.165) is 55.5 Å². The van der Waals surface area contributed by atoms with Crippen LogP contribution >= 0.6 is 11.3 Å². The Labute approximate surface area is 160 Å². The van der Waals surface area contributed by atoms with E-state index in [2.05, 4.69) is 15.2 Å². The van der Waals surface area contributed by atoms with Gasteiger partial charge in [0.15, 0.2) is 4.96 Å². The molecule has 1 aliphatic heterocycles. The number of nitrogens with zero attached hydrogens (tertiary/aromatic N) is 3. The van der Waals surface area contributed by atoms with Gasteiger partial charge in [-0.1, -0.05) is 0 Å². The van der Waals surface area contributed by atoms with Gasteiger partial charge in [0.1, 0.15) is 11.5 Å². The second-order valence-electron chi connectivity index (χ2n) is 6.47. The standard InChI is InChI=1S/C19H21FN4O2S/c20-15-4-2-14(3-5-15)16-12-24-17(13-27-19(24)22-16)18(25)21-6-1-7-23-8-10-26-11-9-23/h2-5,12-13H,1,6-11H2,(H,21,25). The van der Waals surface area contributed by atoms with E-state index in [9.17, 15) is 9.18 Å². The minimum atomic E-state index is -0.281. The van der Waals surface area contributed by atoms with E-state index in [1.807, 2.05) is 11.6 Å². The first-order valence-electron chi connectivity index (χ1n) is 9.01. The molecule has 0 spiro atoms. The van der Waals surface area contributed by atoms with Crippen LogP contribution in [0.5, 0.6) is 0 Å². The van der Waals surface area contributed by atoms with Crippen LogP contribution in [0.25, 0.3) is 16.2 Å². The molecule has 1 N–H and O–H groups in total. The number of carbonyl (C=O) groups is 1. The zero-order valence-corrected chi connectivity index (χ0v) is 15.7. The number of hydrogen-bond donors (Lipinski definition) is 1. The first-order chi connectivity index (χ1) is 13.2. The Hall–Kier alpha value is -2.29. The average Bonchev–Trinajstić information content (AvgIpc) is 3.27. The summed E-state index contributed by atoms with van der Waals surface area (Å²) in [6.45, 7) is 5.09. The minimum Gasteiger partial charge on any atom is -0.379 e.